The number of hydrogen-bond acceptors (Lipinski definition) is 3. The van der Waals surface area contributed by atoms with Gasteiger partial charge in [-0.1, -0.05) is 37.8 Å². The Kier molecular flexibility index (Phi) is 6.70. The van der Waals surface area contributed by atoms with E-state index in [1.54, 1.807) is 18.2 Å². The molecule has 1 aromatic rings. The van der Waals surface area contributed by atoms with Gasteiger partial charge in [0, 0.05) is 6.42 Å². The molecule has 0 amide bonds. The van der Waals surface area contributed by atoms with Crippen molar-refractivity contribution in [2.45, 2.75) is 38.6 Å². The van der Waals surface area contributed by atoms with Crippen LogP contribution in [-0.4, -0.2) is 13.1 Å². The van der Waals surface area contributed by atoms with Gasteiger partial charge >= 0.3 is 5.97 Å². The van der Waals surface area contributed by atoms with E-state index in [9.17, 15) is 4.79 Å². The largest absolute Gasteiger partial charge is 0.465 e. The normalized spacial score (nSPS) is 11.3. The molecule has 1 atom stereocenters. The van der Waals surface area contributed by atoms with Crippen molar-refractivity contribution >= 4 is 5.97 Å². The van der Waals surface area contributed by atoms with Crippen molar-refractivity contribution in [3.8, 4) is 11.8 Å². The summed E-state index contributed by atoms with van der Waals surface area (Å²) >= 11 is 0. The molecule has 0 aliphatic rings. The molecule has 0 aliphatic heterocycles. The molecule has 2 N–H and O–H groups in total. The van der Waals surface area contributed by atoms with E-state index < -0.39 is 0 Å². The van der Waals surface area contributed by atoms with Crippen molar-refractivity contribution in [3.63, 3.8) is 0 Å². The first-order valence-electron chi connectivity index (χ1n) is 6.61. The number of methoxy groups -OCH3 is 1. The molecule has 19 heavy (non-hydrogen) atoms. The molecule has 0 aliphatic carbocycles. The van der Waals surface area contributed by atoms with E-state index in [0.29, 0.717) is 5.56 Å². The number of unbranched alkanes of at least 4 members (excludes halogenated alkanes) is 3. The van der Waals surface area contributed by atoms with Gasteiger partial charge in [-0.2, -0.15) is 0 Å². The number of ether oxygens (including phenoxy) is 1. The number of nitrogens with two attached hydrogens (primary N) is 1. The molecule has 1 unspecified atom stereocenters. The summed E-state index contributed by atoms with van der Waals surface area (Å²) in [5.74, 6) is 5.75. The standard InChI is InChI=1S/C16H21NO2/c1-3-4-5-6-7-11-15(17)13-9-8-10-14(12-13)16(18)19-2/h8-10,12,15H,3-6,17H2,1-2H3. The molecular weight excluding hydrogens is 238 g/mol. The Hall–Kier alpha value is -1.79. The first-order valence-corrected chi connectivity index (χ1v) is 6.61. The summed E-state index contributed by atoms with van der Waals surface area (Å²) in [5, 5.41) is 0. The highest BCUT2D eigenvalue weighted by molar-refractivity contribution is 5.89. The van der Waals surface area contributed by atoms with E-state index in [0.717, 1.165) is 18.4 Å². The predicted molar refractivity (Wildman–Crippen MR) is 76.6 cm³/mol. The van der Waals surface area contributed by atoms with Crippen LogP contribution in [-0.2, 0) is 4.74 Å². The Morgan fingerprint density at radius 1 is 1.42 bits per heavy atom. The summed E-state index contributed by atoms with van der Waals surface area (Å²) < 4.78 is 4.68. The fraction of sp³-hybridized carbons (Fsp3) is 0.438. The SMILES string of the molecule is CCCCCC#CC(N)c1cccc(C(=O)OC)c1. The van der Waals surface area contributed by atoms with Gasteiger partial charge in [0.1, 0.15) is 0 Å². The second-order valence-electron chi connectivity index (χ2n) is 4.37. The van der Waals surface area contributed by atoms with Gasteiger partial charge in [0.15, 0.2) is 0 Å². The fourth-order valence-corrected chi connectivity index (χ4v) is 1.71. The molecule has 3 nitrogen and oxygen atoms in total. The lowest BCUT2D eigenvalue weighted by molar-refractivity contribution is 0.0600. The summed E-state index contributed by atoms with van der Waals surface area (Å²) in [4.78, 5) is 11.4. The maximum atomic E-state index is 11.4. The summed E-state index contributed by atoms with van der Waals surface area (Å²) in [5.41, 5.74) is 7.34. The molecular formula is C16H21NO2. The van der Waals surface area contributed by atoms with Crippen LogP contribution in [0.4, 0.5) is 0 Å². The maximum Gasteiger partial charge on any atom is 0.337 e. The van der Waals surface area contributed by atoms with E-state index >= 15 is 0 Å². The Bertz CT molecular complexity index is 471. The number of esters is 1. The lowest BCUT2D eigenvalue weighted by atomic mass is 10.0. The van der Waals surface area contributed by atoms with Gasteiger partial charge in [0.05, 0.1) is 18.7 Å². The third kappa shape index (κ3) is 5.15. The van der Waals surface area contributed by atoms with Crippen LogP contribution in [0.25, 0.3) is 0 Å². The van der Waals surface area contributed by atoms with E-state index in [2.05, 4.69) is 23.5 Å². The highest BCUT2D eigenvalue weighted by atomic mass is 16.5. The zero-order chi connectivity index (χ0) is 14.1. The molecule has 1 aromatic carbocycles. The number of rotatable bonds is 5. The molecule has 0 heterocycles. The molecule has 0 bridgehead atoms. The molecule has 102 valence electrons. The van der Waals surface area contributed by atoms with Gasteiger partial charge in [-0.25, -0.2) is 4.79 Å². The van der Waals surface area contributed by atoms with Crippen molar-refractivity contribution in [2.24, 2.45) is 5.73 Å². The summed E-state index contributed by atoms with van der Waals surface area (Å²) in [6.45, 7) is 2.16. The molecule has 1 rings (SSSR count). The van der Waals surface area contributed by atoms with Crippen molar-refractivity contribution in [1.29, 1.82) is 0 Å². The van der Waals surface area contributed by atoms with Crippen LogP contribution in [0.15, 0.2) is 24.3 Å². The minimum Gasteiger partial charge on any atom is -0.465 e. The van der Waals surface area contributed by atoms with Crippen LogP contribution in [0, 0.1) is 11.8 Å². The van der Waals surface area contributed by atoms with Crippen molar-refractivity contribution < 1.29 is 9.53 Å². The van der Waals surface area contributed by atoms with Crippen molar-refractivity contribution in [3.05, 3.63) is 35.4 Å². The third-order valence-corrected chi connectivity index (χ3v) is 2.83. The number of hydrogen-bond donors (Lipinski definition) is 1. The van der Waals surface area contributed by atoms with Gasteiger partial charge in [-0.05, 0) is 24.1 Å². The Balaban J connectivity index is 2.66. The van der Waals surface area contributed by atoms with E-state index in [4.69, 9.17) is 5.73 Å². The number of benzene rings is 1. The summed E-state index contributed by atoms with van der Waals surface area (Å²) in [6.07, 6.45) is 4.37. The molecule has 0 aromatic heterocycles. The van der Waals surface area contributed by atoms with E-state index in [1.165, 1.54) is 20.0 Å². The van der Waals surface area contributed by atoms with E-state index in [1.807, 2.05) is 6.07 Å². The Morgan fingerprint density at radius 3 is 2.89 bits per heavy atom. The van der Waals surface area contributed by atoms with Gasteiger partial charge in [0.25, 0.3) is 0 Å². The van der Waals surface area contributed by atoms with Gasteiger partial charge < -0.3 is 10.5 Å². The van der Waals surface area contributed by atoms with Gasteiger partial charge in [0.2, 0.25) is 0 Å². The first kappa shape index (κ1) is 15.3. The highest BCUT2D eigenvalue weighted by Gasteiger charge is 2.08. The second-order valence-corrected chi connectivity index (χ2v) is 4.37. The molecule has 0 saturated carbocycles. The van der Waals surface area contributed by atoms with Gasteiger partial charge in [-0.15, -0.1) is 5.92 Å². The molecule has 0 radical (unpaired) electrons. The van der Waals surface area contributed by atoms with Crippen molar-refractivity contribution in [2.75, 3.05) is 7.11 Å². The van der Waals surface area contributed by atoms with Crippen LogP contribution in [0.5, 0.6) is 0 Å². The monoisotopic (exact) mass is 259 g/mol. The summed E-state index contributed by atoms with van der Waals surface area (Å²) in [7, 11) is 1.36. The highest BCUT2D eigenvalue weighted by Crippen LogP contribution is 2.13. The average molecular weight is 259 g/mol. The minimum absolute atomic E-state index is 0.355. The van der Waals surface area contributed by atoms with Crippen LogP contribution in [0.2, 0.25) is 0 Å². The first-order chi connectivity index (χ1) is 9.19. The van der Waals surface area contributed by atoms with Crippen LogP contribution in [0.3, 0.4) is 0 Å². The van der Waals surface area contributed by atoms with Crippen LogP contribution >= 0.6 is 0 Å². The zero-order valence-electron chi connectivity index (χ0n) is 11.6. The van der Waals surface area contributed by atoms with Gasteiger partial charge in [-0.3, -0.25) is 0 Å². The molecule has 0 fully saturated rings. The molecule has 0 saturated heterocycles. The smallest absolute Gasteiger partial charge is 0.337 e. The average Bonchev–Trinajstić information content (AvgIpc) is 2.46. The zero-order valence-corrected chi connectivity index (χ0v) is 11.6. The predicted octanol–water partition coefficient (Wildman–Crippen LogP) is 3.06. The van der Waals surface area contributed by atoms with Crippen LogP contribution < -0.4 is 5.73 Å². The lowest BCUT2D eigenvalue weighted by Crippen LogP contribution is -2.09. The number of carbonyl (C=O) groups is 1. The third-order valence-electron chi connectivity index (χ3n) is 2.83. The van der Waals surface area contributed by atoms with Crippen LogP contribution in [0.1, 0.15) is 54.6 Å². The van der Waals surface area contributed by atoms with Crippen molar-refractivity contribution in [1.82, 2.24) is 0 Å². The topological polar surface area (TPSA) is 52.3 Å². The Morgan fingerprint density at radius 2 is 2.21 bits per heavy atom. The quantitative estimate of drug-likeness (QED) is 0.502. The number of carbonyl (C=O) groups excluding carboxylic acids is 1. The lowest BCUT2D eigenvalue weighted by Gasteiger charge is -2.06. The summed E-state index contributed by atoms with van der Waals surface area (Å²) in [6, 6.07) is 6.75. The molecule has 3 heteroatoms. The van der Waals surface area contributed by atoms with E-state index in [-0.39, 0.29) is 12.0 Å². The Labute approximate surface area is 115 Å². The minimum atomic E-state index is -0.357. The fourth-order valence-electron chi connectivity index (χ4n) is 1.71. The molecule has 0 spiro atoms. The maximum absolute atomic E-state index is 11.4. The second kappa shape index (κ2) is 8.34.